The molecule has 1 N–H and O–H groups in total. The molecule has 0 fully saturated rings. The van der Waals surface area contributed by atoms with Gasteiger partial charge in [0, 0.05) is 11.3 Å². The van der Waals surface area contributed by atoms with Crippen LogP contribution in [-0.2, 0) is 9.84 Å². The number of rotatable bonds is 4. The van der Waals surface area contributed by atoms with Gasteiger partial charge in [-0.25, -0.2) is 8.42 Å². The van der Waals surface area contributed by atoms with E-state index in [-0.39, 0.29) is 21.3 Å². The largest absolute Gasteiger partial charge is 0.322 e. The third-order valence-corrected chi connectivity index (χ3v) is 6.20. The van der Waals surface area contributed by atoms with Crippen molar-refractivity contribution < 1.29 is 13.2 Å². The summed E-state index contributed by atoms with van der Waals surface area (Å²) in [6, 6.07) is 19.7. The van der Waals surface area contributed by atoms with Crippen molar-refractivity contribution in [2.75, 3.05) is 5.32 Å². The van der Waals surface area contributed by atoms with E-state index in [0.717, 1.165) is 11.1 Å². The molecule has 0 bridgehead atoms. The van der Waals surface area contributed by atoms with E-state index in [1.165, 1.54) is 30.3 Å². The lowest BCUT2D eigenvalue weighted by Crippen LogP contribution is -2.14. The van der Waals surface area contributed by atoms with Crippen LogP contribution < -0.4 is 5.32 Å². The maximum absolute atomic E-state index is 12.9. The van der Waals surface area contributed by atoms with Gasteiger partial charge in [-0.3, -0.25) is 4.79 Å². The van der Waals surface area contributed by atoms with Gasteiger partial charge in [0.2, 0.25) is 9.84 Å². The Morgan fingerprint density at radius 1 is 0.964 bits per heavy atom. The fraction of sp³-hybridized carbons (Fsp3) is 0.0909. The van der Waals surface area contributed by atoms with Crippen LogP contribution in [0.3, 0.4) is 0 Å². The number of nitrogens with one attached hydrogen (secondary N) is 1. The first kappa shape index (κ1) is 19.3. The van der Waals surface area contributed by atoms with E-state index >= 15 is 0 Å². The molecule has 0 saturated heterocycles. The fourth-order valence-electron chi connectivity index (χ4n) is 2.80. The molecule has 0 aromatic heterocycles. The third-order valence-electron chi connectivity index (χ3n) is 4.37. The highest BCUT2D eigenvalue weighted by Crippen LogP contribution is 2.26. The zero-order chi connectivity index (χ0) is 20.3. The summed E-state index contributed by atoms with van der Waals surface area (Å²) in [5.41, 5.74) is 2.60. The number of carbonyl (C=O) groups is 1. The lowest BCUT2D eigenvalue weighted by atomic mass is 10.1. The number of amides is 1. The van der Waals surface area contributed by atoms with E-state index in [1.807, 2.05) is 32.0 Å². The van der Waals surface area contributed by atoms with Crippen LogP contribution in [0, 0.1) is 25.2 Å². The Labute approximate surface area is 164 Å². The van der Waals surface area contributed by atoms with E-state index < -0.39 is 9.84 Å². The monoisotopic (exact) mass is 390 g/mol. The van der Waals surface area contributed by atoms with Crippen molar-refractivity contribution in [3.63, 3.8) is 0 Å². The molecule has 1 amide bonds. The number of benzene rings is 3. The van der Waals surface area contributed by atoms with E-state index in [9.17, 15) is 18.5 Å². The predicted octanol–water partition coefficient (Wildman–Crippen LogP) is 4.26. The number of aryl methyl sites for hydroxylation is 2. The molecule has 0 atom stereocenters. The number of anilines is 1. The highest BCUT2D eigenvalue weighted by Gasteiger charge is 2.22. The Morgan fingerprint density at radius 3 is 2.29 bits per heavy atom. The molecule has 0 radical (unpaired) electrons. The van der Waals surface area contributed by atoms with Crippen molar-refractivity contribution in [3.05, 3.63) is 89.0 Å². The molecule has 0 heterocycles. The van der Waals surface area contributed by atoms with E-state index in [1.54, 1.807) is 24.3 Å². The van der Waals surface area contributed by atoms with Crippen molar-refractivity contribution in [1.29, 1.82) is 5.26 Å². The third kappa shape index (κ3) is 3.80. The van der Waals surface area contributed by atoms with Gasteiger partial charge >= 0.3 is 0 Å². The average molecular weight is 390 g/mol. The summed E-state index contributed by atoms with van der Waals surface area (Å²) < 4.78 is 25.8. The lowest BCUT2D eigenvalue weighted by Gasteiger charge is -2.11. The number of nitrogens with zero attached hydrogens (tertiary/aromatic N) is 1. The molecule has 0 unspecified atom stereocenters. The summed E-state index contributed by atoms with van der Waals surface area (Å²) in [6.07, 6.45) is 0. The Hall–Kier alpha value is -3.43. The zero-order valence-corrected chi connectivity index (χ0v) is 16.2. The van der Waals surface area contributed by atoms with Crippen molar-refractivity contribution in [2.45, 2.75) is 23.6 Å². The topological polar surface area (TPSA) is 87.0 Å². The Kier molecular flexibility index (Phi) is 5.30. The van der Waals surface area contributed by atoms with Gasteiger partial charge in [0.05, 0.1) is 15.4 Å². The number of hydrogen-bond donors (Lipinski definition) is 1. The first-order valence-electron chi connectivity index (χ1n) is 8.56. The fourth-order valence-corrected chi connectivity index (χ4v) is 4.19. The van der Waals surface area contributed by atoms with Crippen LogP contribution in [0.1, 0.15) is 27.0 Å². The first-order chi connectivity index (χ1) is 13.3. The van der Waals surface area contributed by atoms with Crippen LogP contribution >= 0.6 is 0 Å². The standard InChI is InChI=1S/C22H18N2O3S/c1-15-7-10-19(11-8-15)28(26,27)21-12-9-18(13-17(21)14-23)24-22(25)20-6-4-3-5-16(20)2/h3-13H,1-2H3,(H,24,25). The Morgan fingerprint density at radius 2 is 1.64 bits per heavy atom. The van der Waals surface area contributed by atoms with E-state index in [2.05, 4.69) is 5.32 Å². The SMILES string of the molecule is Cc1ccc(S(=O)(=O)c2ccc(NC(=O)c3ccccc3C)cc2C#N)cc1. The summed E-state index contributed by atoms with van der Waals surface area (Å²) >= 11 is 0. The predicted molar refractivity (Wildman–Crippen MR) is 107 cm³/mol. The van der Waals surface area contributed by atoms with Gasteiger partial charge < -0.3 is 5.32 Å². The van der Waals surface area contributed by atoms with Gasteiger partial charge in [-0.1, -0.05) is 35.9 Å². The molecule has 140 valence electrons. The van der Waals surface area contributed by atoms with Crippen molar-refractivity contribution in [2.24, 2.45) is 0 Å². The van der Waals surface area contributed by atoms with Gasteiger partial charge in [0.1, 0.15) is 6.07 Å². The normalized spacial score (nSPS) is 10.9. The summed E-state index contributed by atoms with van der Waals surface area (Å²) in [7, 11) is -3.84. The molecule has 0 aliphatic rings. The highest BCUT2D eigenvalue weighted by molar-refractivity contribution is 7.91. The van der Waals surface area contributed by atoms with Crippen LogP contribution in [0.4, 0.5) is 5.69 Å². The molecule has 0 aliphatic heterocycles. The van der Waals surface area contributed by atoms with Crippen LogP contribution in [0.2, 0.25) is 0 Å². The average Bonchev–Trinajstić information content (AvgIpc) is 2.68. The first-order valence-corrected chi connectivity index (χ1v) is 10.0. The van der Waals surface area contributed by atoms with Gasteiger partial charge in [-0.15, -0.1) is 0 Å². The molecular formula is C22H18N2O3S. The molecule has 3 aromatic carbocycles. The Bertz CT molecular complexity index is 1190. The Balaban J connectivity index is 1.95. The van der Waals surface area contributed by atoms with Crippen LogP contribution in [-0.4, -0.2) is 14.3 Å². The molecule has 3 rings (SSSR count). The summed E-state index contributed by atoms with van der Waals surface area (Å²) in [5, 5.41) is 12.2. The number of hydrogen-bond acceptors (Lipinski definition) is 4. The molecule has 3 aromatic rings. The van der Waals surface area contributed by atoms with Crippen LogP contribution in [0.15, 0.2) is 76.5 Å². The number of sulfone groups is 1. The summed E-state index contributed by atoms with van der Waals surface area (Å²) in [4.78, 5) is 12.5. The molecule has 6 heteroatoms. The number of carbonyl (C=O) groups excluding carboxylic acids is 1. The quantitative estimate of drug-likeness (QED) is 0.721. The second-order valence-corrected chi connectivity index (χ2v) is 8.33. The molecule has 5 nitrogen and oxygen atoms in total. The summed E-state index contributed by atoms with van der Waals surface area (Å²) in [6.45, 7) is 3.69. The van der Waals surface area contributed by atoms with Crippen molar-refractivity contribution in [3.8, 4) is 6.07 Å². The van der Waals surface area contributed by atoms with Gasteiger partial charge in [0.25, 0.3) is 5.91 Å². The maximum atomic E-state index is 12.9. The molecule has 0 spiro atoms. The summed E-state index contributed by atoms with van der Waals surface area (Å²) in [5.74, 6) is -0.323. The zero-order valence-electron chi connectivity index (χ0n) is 15.4. The molecule has 28 heavy (non-hydrogen) atoms. The smallest absolute Gasteiger partial charge is 0.255 e. The van der Waals surface area contributed by atoms with Crippen LogP contribution in [0.25, 0.3) is 0 Å². The molecule has 0 saturated carbocycles. The minimum absolute atomic E-state index is 0.0249. The second kappa shape index (κ2) is 7.67. The van der Waals surface area contributed by atoms with Crippen molar-refractivity contribution >= 4 is 21.4 Å². The highest BCUT2D eigenvalue weighted by atomic mass is 32.2. The van der Waals surface area contributed by atoms with Gasteiger partial charge in [-0.2, -0.15) is 5.26 Å². The van der Waals surface area contributed by atoms with Crippen LogP contribution in [0.5, 0.6) is 0 Å². The number of nitriles is 1. The molecular weight excluding hydrogens is 372 g/mol. The molecule has 0 aliphatic carbocycles. The van der Waals surface area contributed by atoms with Gasteiger partial charge in [0.15, 0.2) is 0 Å². The van der Waals surface area contributed by atoms with Crippen molar-refractivity contribution in [1.82, 2.24) is 0 Å². The minimum atomic E-state index is -3.84. The maximum Gasteiger partial charge on any atom is 0.255 e. The van der Waals surface area contributed by atoms with Gasteiger partial charge in [-0.05, 0) is 55.8 Å². The van der Waals surface area contributed by atoms with E-state index in [4.69, 9.17) is 0 Å². The minimum Gasteiger partial charge on any atom is -0.322 e. The lowest BCUT2D eigenvalue weighted by molar-refractivity contribution is 0.102. The van der Waals surface area contributed by atoms with E-state index in [0.29, 0.717) is 11.3 Å². The second-order valence-electron chi connectivity index (χ2n) is 6.41.